The second-order valence-corrected chi connectivity index (χ2v) is 11.0. The third kappa shape index (κ3) is 6.29. The van der Waals surface area contributed by atoms with E-state index in [-0.39, 0.29) is 31.3 Å². The van der Waals surface area contributed by atoms with Crippen LogP contribution in [0.4, 0.5) is 16.2 Å². The first kappa shape index (κ1) is 29.2. The Morgan fingerprint density at radius 3 is 2.64 bits per heavy atom. The van der Waals surface area contributed by atoms with Gasteiger partial charge in [-0.1, -0.05) is 18.1 Å². The maximum absolute atomic E-state index is 13.7. The molecule has 0 fully saturated rings. The van der Waals surface area contributed by atoms with Crippen LogP contribution in [0.15, 0.2) is 40.9 Å². The number of urea groups is 1. The molecule has 0 saturated carbocycles. The van der Waals surface area contributed by atoms with E-state index in [1.165, 1.54) is 0 Å². The molecular weight excluding hydrogens is 542 g/mol. The van der Waals surface area contributed by atoms with Gasteiger partial charge in [-0.15, -0.1) is 0 Å². The van der Waals surface area contributed by atoms with Crippen molar-refractivity contribution >= 4 is 23.3 Å². The number of anilines is 2. The van der Waals surface area contributed by atoms with Crippen molar-refractivity contribution in [2.45, 2.75) is 46.4 Å². The summed E-state index contributed by atoms with van der Waals surface area (Å²) in [5.74, 6) is 2.07. The fourth-order valence-corrected chi connectivity index (χ4v) is 5.18. The zero-order valence-electron chi connectivity index (χ0n) is 24.5. The lowest BCUT2D eigenvalue weighted by atomic mass is 9.99. The first-order valence-corrected chi connectivity index (χ1v) is 13.9. The summed E-state index contributed by atoms with van der Waals surface area (Å²) < 4.78 is 22.5. The van der Waals surface area contributed by atoms with Crippen molar-refractivity contribution in [3.05, 3.63) is 59.0 Å². The van der Waals surface area contributed by atoms with E-state index in [9.17, 15) is 14.7 Å². The SMILES string of the molecule is Cc1noc(C)c1NC(=O)Nc1ccc2c(c1)C(=O)N([C@@H](C)CO)C[C@H](C)[C@@H](CN(C)Cc1ccc3c(c1)OCO3)O2. The molecule has 3 amide bonds. The summed E-state index contributed by atoms with van der Waals surface area (Å²) in [6.45, 7) is 8.99. The fourth-order valence-electron chi connectivity index (χ4n) is 5.18. The average Bonchev–Trinajstić information content (AvgIpc) is 3.56. The van der Waals surface area contributed by atoms with Crippen LogP contribution in [0.25, 0.3) is 0 Å². The molecule has 3 atom stereocenters. The predicted octanol–water partition coefficient (Wildman–Crippen LogP) is 4.02. The van der Waals surface area contributed by atoms with E-state index in [2.05, 4.69) is 20.7 Å². The lowest BCUT2D eigenvalue weighted by molar-refractivity contribution is 0.0341. The van der Waals surface area contributed by atoms with Crippen molar-refractivity contribution in [2.75, 3.05) is 44.2 Å². The molecule has 0 aliphatic carbocycles. The summed E-state index contributed by atoms with van der Waals surface area (Å²) in [4.78, 5) is 30.3. The number of nitrogens with one attached hydrogen (secondary N) is 2. The van der Waals surface area contributed by atoms with E-state index < -0.39 is 12.1 Å². The van der Waals surface area contributed by atoms with E-state index in [1.54, 1.807) is 36.9 Å². The largest absolute Gasteiger partial charge is 0.488 e. The minimum atomic E-state index is -0.499. The maximum atomic E-state index is 13.7. The van der Waals surface area contributed by atoms with Crippen molar-refractivity contribution in [2.24, 2.45) is 5.92 Å². The number of likely N-dealkylation sites (N-methyl/N-ethyl adjacent to an activating group) is 1. The van der Waals surface area contributed by atoms with Gasteiger partial charge in [-0.25, -0.2) is 4.79 Å². The molecule has 42 heavy (non-hydrogen) atoms. The second-order valence-electron chi connectivity index (χ2n) is 11.0. The molecular formula is C30H37N5O7. The number of rotatable bonds is 8. The molecule has 3 aromatic rings. The van der Waals surface area contributed by atoms with Gasteiger partial charge in [-0.05, 0) is 63.7 Å². The van der Waals surface area contributed by atoms with Crippen LogP contribution in [0.5, 0.6) is 17.2 Å². The number of nitrogens with zero attached hydrogens (tertiary/aromatic N) is 3. The molecule has 3 N–H and O–H groups in total. The van der Waals surface area contributed by atoms with Crippen LogP contribution in [-0.2, 0) is 6.54 Å². The summed E-state index contributed by atoms with van der Waals surface area (Å²) in [6, 6.07) is 10.00. The Hall–Kier alpha value is -4.29. The standard InChI is InChI=1S/C30H37N5O7/c1-17-12-35(18(2)15-36)29(37)23-11-22(31-30(38)32-28-19(3)33-42-20(28)4)7-9-24(23)41-27(17)14-34(5)13-21-6-8-25-26(10-21)40-16-39-25/h6-11,17-18,27,36H,12-16H2,1-5H3,(H2,31,32,38)/t17-,18-,27+/m0/s1. The monoisotopic (exact) mass is 579 g/mol. The van der Waals surface area contributed by atoms with E-state index >= 15 is 0 Å². The fraction of sp³-hybridized carbons (Fsp3) is 0.433. The lowest BCUT2D eigenvalue weighted by Gasteiger charge is -2.38. The highest BCUT2D eigenvalue weighted by Gasteiger charge is 2.33. The molecule has 0 unspecified atom stereocenters. The molecule has 12 nitrogen and oxygen atoms in total. The molecule has 2 aliphatic heterocycles. The Bertz CT molecular complexity index is 1440. The summed E-state index contributed by atoms with van der Waals surface area (Å²) in [6.07, 6.45) is -0.258. The maximum Gasteiger partial charge on any atom is 0.323 e. The number of aliphatic hydroxyl groups is 1. The summed E-state index contributed by atoms with van der Waals surface area (Å²) in [5, 5.41) is 19.3. The second kappa shape index (κ2) is 12.3. The van der Waals surface area contributed by atoms with Gasteiger partial charge in [0.25, 0.3) is 5.91 Å². The van der Waals surface area contributed by atoms with Crippen molar-refractivity contribution in [1.29, 1.82) is 0 Å². The van der Waals surface area contributed by atoms with Crippen LogP contribution in [0.2, 0.25) is 0 Å². The van der Waals surface area contributed by atoms with E-state index in [4.69, 9.17) is 18.7 Å². The number of benzene rings is 2. The van der Waals surface area contributed by atoms with Gasteiger partial charge in [0.2, 0.25) is 6.79 Å². The number of aliphatic hydroxyl groups excluding tert-OH is 1. The number of hydrogen-bond acceptors (Lipinski definition) is 9. The Balaban J connectivity index is 1.35. The molecule has 2 aromatic carbocycles. The molecule has 5 rings (SSSR count). The molecule has 2 aliphatic rings. The summed E-state index contributed by atoms with van der Waals surface area (Å²) in [5.41, 5.74) is 2.85. The summed E-state index contributed by atoms with van der Waals surface area (Å²) >= 11 is 0. The first-order valence-electron chi connectivity index (χ1n) is 13.9. The molecule has 12 heteroatoms. The third-order valence-corrected chi connectivity index (χ3v) is 7.58. The smallest absolute Gasteiger partial charge is 0.323 e. The Morgan fingerprint density at radius 2 is 1.90 bits per heavy atom. The van der Waals surface area contributed by atoms with Gasteiger partial charge in [0, 0.05) is 31.2 Å². The number of ether oxygens (including phenoxy) is 3. The summed E-state index contributed by atoms with van der Waals surface area (Å²) in [7, 11) is 2.02. The van der Waals surface area contributed by atoms with Crippen molar-refractivity contribution in [3.8, 4) is 17.2 Å². The quantitative estimate of drug-likeness (QED) is 0.361. The average molecular weight is 580 g/mol. The minimum Gasteiger partial charge on any atom is -0.488 e. The van der Waals surface area contributed by atoms with Crippen molar-refractivity contribution in [3.63, 3.8) is 0 Å². The number of fused-ring (bicyclic) bond motifs is 2. The van der Waals surface area contributed by atoms with E-state index in [1.807, 2.05) is 39.1 Å². The first-order chi connectivity index (χ1) is 20.1. The number of amides is 3. The molecule has 0 radical (unpaired) electrons. The molecule has 0 bridgehead atoms. The van der Waals surface area contributed by atoms with Crippen LogP contribution in [0.3, 0.4) is 0 Å². The van der Waals surface area contributed by atoms with Crippen LogP contribution in [-0.4, -0.2) is 77.7 Å². The third-order valence-electron chi connectivity index (χ3n) is 7.58. The van der Waals surface area contributed by atoms with Crippen LogP contribution < -0.4 is 24.8 Å². The van der Waals surface area contributed by atoms with Crippen LogP contribution in [0.1, 0.15) is 41.2 Å². The van der Waals surface area contributed by atoms with Crippen molar-refractivity contribution < 1.29 is 33.4 Å². The van der Waals surface area contributed by atoms with Gasteiger partial charge in [-0.3, -0.25) is 9.69 Å². The molecule has 0 saturated heterocycles. The zero-order valence-corrected chi connectivity index (χ0v) is 24.5. The Kier molecular flexibility index (Phi) is 8.55. The molecule has 0 spiro atoms. The van der Waals surface area contributed by atoms with Gasteiger partial charge in [0.15, 0.2) is 17.3 Å². The van der Waals surface area contributed by atoms with Crippen LogP contribution in [0, 0.1) is 19.8 Å². The van der Waals surface area contributed by atoms with Crippen molar-refractivity contribution in [1.82, 2.24) is 15.0 Å². The van der Waals surface area contributed by atoms with E-state index in [0.717, 1.165) is 17.1 Å². The highest BCUT2D eigenvalue weighted by molar-refractivity contribution is 6.03. The van der Waals surface area contributed by atoms with E-state index in [0.29, 0.717) is 53.8 Å². The van der Waals surface area contributed by atoms with Gasteiger partial charge in [0.05, 0.1) is 18.2 Å². The Morgan fingerprint density at radius 1 is 1.14 bits per heavy atom. The minimum absolute atomic E-state index is 0.0334. The predicted molar refractivity (Wildman–Crippen MR) is 155 cm³/mol. The highest BCUT2D eigenvalue weighted by atomic mass is 16.7. The van der Waals surface area contributed by atoms with Gasteiger partial charge in [-0.2, -0.15) is 0 Å². The van der Waals surface area contributed by atoms with Gasteiger partial charge < -0.3 is 39.4 Å². The van der Waals surface area contributed by atoms with Crippen LogP contribution >= 0.6 is 0 Å². The lowest BCUT2D eigenvalue weighted by Crippen LogP contribution is -2.49. The molecule has 3 heterocycles. The molecule has 1 aromatic heterocycles. The highest BCUT2D eigenvalue weighted by Crippen LogP contribution is 2.34. The number of carbonyl (C=O) groups excluding carboxylic acids is 2. The number of hydrogen-bond donors (Lipinski definition) is 3. The zero-order chi connectivity index (χ0) is 30.0. The number of aromatic nitrogens is 1. The van der Waals surface area contributed by atoms with Gasteiger partial charge >= 0.3 is 6.03 Å². The Labute approximate surface area is 244 Å². The molecule has 224 valence electrons. The normalized spacial score (nSPS) is 18.6. The van der Waals surface area contributed by atoms with Gasteiger partial charge in [0.1, 0.15) is 23.2 Å². The number of aryl methyl sites for hydroxylation is 2. The topological polar surface area (TPSA) is 139 Å². The number of carbonyl (C=O) groups is 2.